The minimum Gasteiger partial charge on any atom is -0.494 e. The van der Waals surface area contributed by atoms with Crippen LogP contribution >= 0.6 is 0 Å². The highest BCUT2D eigenvalue weighted by atomic mass is 16.5. The summed E-state index contributed by atoms with van der Waals surface area (Å²) in [5, 5.41) is 2.96. The van der Waals surface area contributed by atoms with Crippen molar-refractivity contribution < 1.29 is 23.5 Å². The molecule has 0 aliphatic carbocycles. The number of furan rings is 1. The van der Waals surface area contributed by atoms with Crippen molar-refractivity contribution in [2.24, 2.45) is 5.92 Å². The van der Waals surface area contributed by atoms with Gasteiger partial charge in [0.05, 0.1) is 12.9 Å². The Morgan fingerprint density at radius 3 is 2.19 bits per heavy atom. The molecule has 0 saturated carbocycles. The first-order valence-corrected chi connectivity index (χ1v) is 10.8. The van der Waals surface area contributed by atoms with E-state index in [9.17, 15) is 9.59 Å². The molecule has 0 spiro atoms. The fourth-order valence-corrected chi connectivity index (χ4v) is 3.66. The molecule has 166 valence electrons. The molecule has 1 saturated heterocycles. The number of hydrogen-bond acceptors (Lipinski definition) is 5. The van der Waals surface area contributed by atoms with E-state index in [-0.39, 0.29) is 17.7 Å². The molecule has 0 radical (unpaired) electrons. The van der Waals surface area contributed by atoms with Gasteiger partial charge in [-0.25, -0.2) is 0 Å². The van der Waals surface area contributed by atoms with E-state index in [2.05, 4.69) is 5.32 Å². The molecule has 32 heavy (non-hydrogen) atoms. The predicted octanol–water partition coefficient (Wildman–Crippen LogP) is 4.96. The third-order valence-electron chi connectivity index (χ3n) is 5.38. The molecule has 0 bridgehead atoms. The Morgan fingerprint density at radius 2 is 1.59 bits per heavy atom. The lowest BCUT2D eigenvalue weighted by molar-refractivity contribution is -0.121. The number of nitrogens with one attached hydrogen (secondary N) is 1. The Kier molecular flexibility index (Phi) is 6.75. The Labute approximate surface area is 186 Å². The Morgan fingerprint density at radius 1 is 0.969 bits per heavy atom. The van der Waals surface area contributed by atoms with Crippen LogP contribution in [0.1, 0.15) is 30.3 Å². The second kappa shape index (κ2) is 10.0. The van der Waals surface area contributed by atoms with E-state index < -0.39 is 0 Å². The number of piperidine rings is 1. The van der Waals surface area contributed by atoms with Crippen LogP contribution in [0.5, 0.6) is 17.2 Å². The van der Waals surface area contributed by atoms with Gasteiger partial charge in [-0.3, -0.25) is 9.59 Å². The van der Waals surface area contributed by atoms with E-state index in [0.717, 1.165) is 5.75 Å². The summed E-state index contributed by atoms with van der Waals surface area (Å²) in [5.41, 5.74) is 0.711. The summed E-state index contributed by atoms with van der Waals surface area (Å²) in [6.45, 7) is 3.63. The number of benzene rings is 2. The van der Waals surface area contributed by atoms with Gasteiger partial charge in [-0.2, -0.15) is 0 Å². The van der Waals surface area contributed by atoms with Gasteiger partial charge < -0.3 is 24.1 Å². The molecule has 0 unspecified atom stereocenters. The van der Waals surface area contributed by atoms with Gasteiger partial charge >= 0.3 is 0 Å². The van der Waals surface area contributed by atoms with Gasteiger partial charge in [0.25, 0.3) is 5.91 Å². The molecule has 4 rings (SSSR count). The number of likely N-dealkylation sites (tertiary alicyclic amines) is 1. The summed E-state index contributed by atoms with van der Waals surface area (Å²) in [6.07, 6.45) is 2.73. The van der Waals surface area contributed by atoms with Crippen molar-refractivity contribution >= 4 is 17.5 Å². The molecule has 1 aliphatic rings. The van der Waals surface area contributed by atoms with Crippen molar-refractivity contribution in [3.8, 4) is 17.2 Å². The smallest absolute Gasteiger partial charge is 0.289 e. The maximum Gasteiger partial charge on any atom is 0.289 e. The van der Waals surface area contributed by atoms with E-state index in [0.29, 0.717) is 55.5 Å². The number of carbonyl (C=O) groups excluding carboxylic acids is 2. The van der Waals surface area contributed by atoms with E-state index in [1.807, 2.05) is 55.5 Å². The molecular formula is C25H26N2O5. The van der Waals surface area contributed by atoms with Crippen molar-refractivity contribution in [2.75, 3.05) is 25.0 Å². The van der Waals surface area contributed by atoms with Gasteiger partial charge in [0, 0.05) is 24.7 Å². The average Bonchev–Trinajstić information content (AvgIpc) is 3.36. The third kappa shape index (κ3) is 5.29. The SMILES string of the molecule is CCOc1ccc(Oc2ccc(NC(=O)C3CCN(C(=O)c4ccco4)CC3)cc2)cc1. The molecule has 0 atom stereocenters. The van der Waals surface area contributed by atoms with Gasteiger partial charge in [-0.05, 0) is 80.4 Å². The topological polar surface area (TPSA) is 81.0 Å². The quantitative estimate of drug-likeness (QED) is 0.568. The van der Waals surface area contributed by atoms with Crippen LogP contribution in [0.4, 0.5) is 5.69 Å². The van der Waals surface area contributed by atoms with Crippen molar-refractivity contribution in [3.05, 3.63) is 72.7 Å². The van der Waals surface area contributed by atoms with Crippen molar-refractivity contribution in [2.45, 2.75) is 19.8 Å². The zero-order valence-electron chi connectivity index (χ0n) is 18.0. The Balaban J connectivity index is 1.26. The number of hydrogen-bond donors (Lipinski definition) is 1. The van der Waals surface area contributed by atoms with E-state index in [4.69, 9.17) is 13.9 Å². The fraction of sp³-hybridized carbons (Fsp3) is 0.280. The van der Waals surface area contributed by atoms with Crippen LogP contribution in [0.15, 0.2) is 71.3 Å². The summed E-state index contributed by atoms with van der Waals surface area (Å²) >= 11 is 0. The number of carbonyl (C=O) groups is 2. The Hall–Kier alpha value is -3.74. The van der Waals surface area contributed by atoms with Crippen LogP contribution in [-0.2, 0) is 4.79 Å². The molecule has 2 aromatic carbocycles. The summed E-state index contributed by atoms with van der Waals surface area (Å²) in [5.74, 6) is 2.23. The lowest BCUT2D eigenvalue weighted by Crippen LogP contribution is -2.41. The van der Waals surface area contributed by atoms with Crippen LogP contribution in [0.3, 0.4) is 0 Å². The van der Waals surface area contributed by atoms with Crippen molar-refractivity contribution in [1.82, 2.24) is 4.90 Å². The fourth-order valence-electron chi connectivity index (χ4n) is 3.66. The summed E-state index contributed by atoms with van der Waals surface area (Å²) < 4.78 is 16.4. The van der Waals surface area contributed by atoms with Gasteiger partial charge in [0.15, 0.2) is 5.76 Å². The van der Waals surface area contributed by atoms with Gasteiger partial charge in [-0.1, -0.05) is 0 Å². The largest absolute Gasteiger partial charge is 0.494 e. The molecule has 1 aromatic heterocycles. The van der Waals surface area contributed by atoms with E-state index in [1.165, 1.54) is 6.26 Å². The molecule has 1 aliphatic heterocycles. The zero-order chi connectivity index (χ0) is 22.3. The normalized spacial score (nSPS) is 14.1. The van der Waals surface area contributed by atoms with Crippen LogP contribution < -0.4 is 14.8 Å². The molecule has 7 nitrogen and oxygen atoms in total. The molecular weight excluding hydrogens is 408 g/mol. The molecule has 7 heteroatoms. The number of nitrogens with zero attached hydrogens (tertiary/aromatic N) is 1. The minimum atomic E-state index is -0.129. The highest BCUT2D eigenvalue weighted by Crippen LogP contribution is 2.26. The first-order valence-electron chi connectivity index (χ1n) is 10.8. The molecule has 2 heterocycles. The summed E-state index contributed by atoms with van der Waals surface area (Å²) in [6, 6.07) is 18.0. The molecule has 1 N–H and O–H groups in total. The predicted molar refractivity (Wildman–Crippen MR) is 120 cm³/mol. The molecule has 2 amide bonds. The maximum atomic E-state index is 12.7. The first-order chi connectivity index (χ1) is 15.6. The highest BCUT2D eigenvalue weighted by molar-refractivity contribution is 5.94. The minimum absolute atomic E-state index is 0.0321. The van der Waals surface area contributed by atoms with Crippen molar-refractivity contribution in [3.63, 3.8) is 0 Å². The second-order valence-electron chi connectivity index (χ2n) is 7.56. The first kappa shape index (κ1) is 21.5. The summed E-state index contributed by atoms with van der Waals surface area (Å²) in [7, 11) is 0. The zero-order valence-corrected chi connectivity index (χ0v) is 18.0. The summed E-state index contributed by atoms with van der Waals surface area (Å²) in [4.78, 5) is 26.7. The molecule has 3 aromatic rings. The van der Waals surface area contributed by atoms with Gasteiger partial charge in [0.2, 0.25) is 5.91 Å². The van der Waals surface area contributed by atoms with E-state index >= 15 is 0 Å². The number of amides is 2. The van der Waals surface area contributed by atoms with Crippen LogP contribution in [0, 0.1) is 5.92 Å². The number of ether oxygens (including phenoxy) is 2. The third-order valence-corrected chi connectivity index (χ3v) is 5.38. The van der Waals surface area contributed by atoms with Crippen LogP contribution in [0.25, 0.3) is 0 Å². The lowest BCUT2D eigenvalue weighted by Gasteiger charge is -2.30. The van der Waals surface area contributed by atoms with Gasteiger partial charge in [0.1, 0.15) is 17.2 Å². The van der Waals surface area contributed by atoms with Crippen LogP contribution in [0.2, 0.25) is 0 Å². The monoisotopic (exact) mass is 434 g/mol. The van der Waals surface area contributed by atoms with E-state index in [1.54, 1.807) is 17.0 Å². The van der Waals surface area contributed by atoms with Crippen LogP contribution in [-0.4, -0.2) is 36.4 Å². The maximum absolute atomic E-state index is 12.7. The Bertz CT molecular complexity index is 1020. The lowest BCUT2D eigenvalue weighted by atomic mass is 9.95. The van der Waals surface area contributed by atoms with Crippen molar-refractivity contribution in [1.29, 1.82) is 0 Å². The average molecular weight is 434 g/mol. The van der Waals surface area contributed by atoms with Gasteiger partial charge in [-0.15, -0.1) is 0 Å². The second-order valence-corrected chi connectivity index (χ2v) is 7.56. The molecule has 1 fully saturated rings. The number of anilines is 1. The number of rotatable bonds is 7. The standard InChI is InChI=1S/C25H26N2O5/c1-2-30-20-9-11-22(12-10-20)32-21-7-5-19(6-8-21)26-24(28)18-13-15-27(16-14-18)25(29)23-4-3-17-31-23/h3-12,17-18H,2,13-16H2,1H3,(H,26,28). The highest BCUT2D eigenvalue weighted by Gasteiger charge is 2.28.